The van der Waals surface area contributed by atoms with Gasteiger partial charge in [0.05, 0.1) is 6.61 Å². The molecular weight excluding hydrogens is 467 g/mol. The number of carbonyl (C=O) groups is 2. The Kier molecular flexibility index (Phi) is 20.4. The molecule has 0 spiro atoms. The van der Waals surface area contributed by atoms with E-state index in [0.29, 0.717) is 18.3 Å². The molecule has 1 aliphatic rings. The minimum Gasteiger partial charge on any atom is -0.490 e. The van der Waals surface area contributed by atoms with Crippen LogP contribution in [0, 0.1) is 23.1 Å². The molecule has 1 saturated heterocycles. The summed E-state index contributed by atoms with van der Waals surface area (Å²) in [6.45, 7) is 23.1. The molecule has 5 nitrogen and oxygen atoms in total. The predicted octanol–water partition coefficient (Wildman–Crippen LogP) is 7.84. The van der Waals surface area contributed by atoms with E-state index in [-0.39, 0.29) is 23.4 Å². The molecule has 0 unspecified atom stereocenters. The van der Waals surface area contributed by atoms with E-state index in [1.807, 2.05) is 59.4 Å². The maximum absolute atomic E-state index is 14.1. The maximum Gasteiger partial charge on any atom is 0.219 e. The number of amides is 1. The van der Waals surface area contributed by atoms with Gasteiger partial charge >= 0.3 is 0 Å². The van der Waals surface area contributed by atoms with Gasteiger partial charge < -0.3 is 15.0 Å². The van der Waals surface area contributed by atoms with Gasteiger partial charge in [0.25, 0.3) is 0 Å². The lowest BCUT2D eigenvalue weighted by Gasteiger charge is -2.31. The molecule has 1 aromatic carbocycles. The number of hydrogen-bond acceptors (Lipinski definition) is 4. The highest BCUT2D eigenvalue weighted by molar-refractivity contribution is 5.99. The molecule has 2 rings (SSSR count). The molecule has 0 saturated carbocycles. The van der Waals surface area contributed by atoms with E-state index in [9.17, 15) is 14.0 Å². The van der Waals surface area contributed by atoms with Crippen LogP contribution >= 0.6 is 0 Å². The largest absolute Gasteiger partial charge is 0.490 e. The number of nitrogens with zero attached hydrogens (tertiary/aromatic N) is 1. The summed E-state index contributed by atoms with van der Waals surface area (Å²) in [6, 6.07) is 3.45. The van der Waals surface area contributed by atoms with Crippen molar-refractivity contribution in [2.24, 2.45) is 11.8 Å². The summed E-state index contributed by atoms with van der Waals surface area (Å²) in [5.41, 5.74) is 3.75. The zero-order valence-corrected chi connectivity index (χ0v) is 25.4. The van der Waals surface area contributed by atoms with Crippen LogP contribution in [0.4, 0.5) is 4.39 Å². The monoisotopic (exact) mass is 520 g/mol. The Bertz CT molecular complexity index is 854. The third kappa shape index (κ3) is 13.0. The molecule has 1 amide bonds. The lowest BCUT2D eigenvalue weighted by atomic mass is 9.95. The number of hydrogen-bond donors (Lipinski definition) is 1. The zero-order valence-electron chi connectivity index (χ0n) is 25.4. The third-order valence-corrected chi connectivity index (χ3v) is 6.15. The fraction of sp³-hybridized carbons (Fsp3) is 0.645. The number of nitrogens with one attached hydrogen (secondary N) is 1. The molecule has 0 aliphatic carbocycles. The van der Waals surface area contributed by atoms with Crippen molar-refractivity contribution in [3.63, 3.8) is 0 Å². The lowest BCUT2D eigenvalue weighted by Crippen LogP contribution is -2.38. The second-order valence-corrected chi connectivity index (χ2v) is 8.97. The van der Waals surface area contributed by atoms with Crippen molar-refractivity contribution in [2.75, 3.05) is 19.7 Å². The summed E-state index contributed by atoms with van der Waals surface area (Å²) in [5, 5.41) is 6.99. The van der Waals surface area contributed by atoms with Crippen LogP contribution in [-0.4, -0.2) is 42.5 Å². The van der Waals surface area contributed by atoms with Gasteiger partial charge in [0.1, 0.15) is 0 Å². The van der Waals surface area contributed by atoms with E-state index in [1.54, 1.807) is 26.8 Å². The minimum absolute atomic E-state index is 0.0704. The second-order valence-electron chi connectivity index (χ2n) is 8.97. The summed E-state index contributed by atoms with van der Waals surface area (Å²) in [4.78, 5) is 24.2. The number of piperidine rings is 1. The van der Waals surface area contributed by atoms with E-state index in [4.69, 9.17) is 10.1 Å². The molecule has 212 valence electrons. The molecule has 1 aliphatic heterocycles. The normalized spacial score (nSPS) is 13.6. The number of Topliss-reactive ketones (excluding diaryl/α,β-unsaturated/α-hetero) is 1. The summed E-state index contributed by atoms with van der Waals surface area (Å²) >= 11 is 0. The van der Waals surface area contributed by atoms with E-state index in [2.05, 4.69) is 6.92 Å². The SMILES string of the molecule is CC.CC.CC(=O)/C(=C(/C)C=N)C(C)C.CCc1cc(F)c(OCC2CCN(C(C)=O)CC2)cc1CC. The maximum atomic E-state index is 14.1. The van der Waals surface area contributed by atoms with Crippen LogP contribution in [0.1, 0.15) is 100 Å². The number of allylic oxidation sites excluding steroid dienone is 2. The molecule has 0 aromatic heterocycles. The van der Waals surface area contributed by atoms with Crippen LogP contribution in [0.2, 0.25) is 0 Å². The Morgan fingerprint density at radius 2 is 1.51 bits per heavy atom. The molecule has 1 fully saturated rings. The third-order valence-electron chi connectivity index (χ3n) is 6.15. The molecule has 1 aromatic rings. The van der Waals surface area contributed by atoms with E-state index in [1.165, 1.54) is 6.21 Å². The molecule has 0 radical (unpaired) electrons. The minimum atomic E-state index is -0.268. The van der Waals surface area contributed by atoms with E-state index >= 15 is 0 Å². The fourth-order valence-corrected chi connectivity index (χ4v) is 4.24. The first-order valence-corrected chi connectivity index (χ1v) is 14.0. The highest BCUT2D eigenvalue weighted by Crippen LogP contribution is 2.25. The highest BCUT2D eigenvalue weighted by atomic mass is 19.1. The van der Waals surface area contributed by atoms with Crippen LogP contribution in [0.3, 0.4) is 0 Å². The number of halogens is 1. The second kappa shape index (κ2) is 20.5. The predicted molar refractivity (Wildman–Crippen MR) is 155 cm³/mol. The van der Waals surface area contributed by atoms with Crippen molar-refractivity contribution in [1.29, 1.82) is 5.41 Å². The summed E-state index contributed by atoms with van der Waals surface area (Å²) in [5.74, 6) is 0.910. The van der Waals surface area contributed by atoms with Gasteiger partial charge in [-0.15, -0.1) is 0 Å². The Balaban J connectivity index is 0. The molecule has 1 heterocycles. The van der Waals surface area contributed by atoms with Crippen molar-refractivity contribution >= 4 is 17.9 Å². The van der Waals surface area contributed by atoms with E-state index < -0.39 is 0 Å². The number of rotatable bonds is 8. The van der Waals surface area contributed by atoms with Gasteiger partial charge in [0.2, 0.25) is 5.91 Å². The van der Waals surface area contributed by atoms with E-state index in [0.717, 1.165) is 61.0 Å². The van der Waals surface area contributed by atoms with Gasteiger partial charge in [0, 0.05) is 31.8 Å². The van der Waals surface area contributed by atoms with Crippen LogP contribution in [0.15, 0.2) is 23.3 Å². The van der Waals surface area contributed by atoms with Gasteiger partial charge in [-0.25, -0.2) is 4.39 Å². The average Bonchev–Trinajstić information content (AvgIpc) is 2.90. The Hall–Kier alpha value is -2.50. The standard InChI is InChI=1S/C18H26FNO2.C9H15NO.2C2H6/c1-4-15-10-17(19)18(11-16(15)5-2)22-12-14-6-8-20(9-7-14)13(3)21;1-6(2)9(8(4)11)7(3)5-10;2*1-2/h10-11,14H,4-9,12H2,1-3H3;5-6,10H,1-4H3;2*1-2H3/b;9-7-,10-5?;;. The fourth-order valence-electron chi connectivity index (χ4n) is 4.24. The van der Waals surface area contributed by atoms with Crippen molar-refractivity contribution in [1.82, 2.24) is 4.90 Å². The van der Waals surface area contributed by atoms with Crippen molar-refractivity contribution in [3.05, 3.63) is 40.2 Å². The molecule has 0 bridgehead atoms. The van der Waals surface area contributed by atoms with Gasteiger partial charge in [-0.3, -0.25) is 9.59 Å². The summed E-state index contributed by atoms with van der Waals surface area (Å²) < 4.78 is 19.8. The zero-order chi connectivity index (χ0) is 29.1. The quantitative estimate of drug-likeness (QED) is 0.280. The lowest BCUT2D eigenvalue weighted by molar-refractivity contribution is -0.130. The topological polar surface area (TPSA) is 70.5 Å². The van der Waals surface area contributed by atoms with Gasteiger partial charge in [-0.2, -0.15) is 0 Å². The molecule has 1 N–H and O–H groups in total. The molecule has 37 heavy (non-hydrogen) atoms. The van der Waals surface area contributed by atoms with Crippen LogP contribution in [0.25, 0.3) is 0 Å². The first-order valence-electron chi connectivity index (χ1n) is 14.0. The number of likely N-dealkylation sites (tertiary alicyclic amines) is 1. The number of aryl methyl sites for hydroxylation is 2. The molecule has 6 heteroatoms. The van der Waals surface area contributed by atoms with Crippen molar-refractivity contribution in [2.45, 2.75) is 102 Å². The Morgan fingerprint density at radius 3 is 1.86 bits per heavy atom. The van der Waals surface area contributed by atoms with Crippen LogP contribution in [0.5, 0.6) is 5.75 Å². The Labute approximate surface area is 226 Å². The smallest absolute Gasteiger partial charge is 0.219 e. The van der Waals surface area contributed by atoms with Gasteiger partial charge in [-0.05, 0) is 80.2 Å². The van der Waals surface area contributed by atoms with Gasteiger partial charge in [0.15, 0.2) is 17.3 Å². The van der Waals surface area contributed by atoms with Crippen molar-refractivity contribution in [3.8, 4) is 5.75 Å². The highest BCUT2D eigenvalue weighted by Gasteiger charge is 2.21. The number of benzene rings is 1. The summed E-state index contributed by atoms with van der Waals surface area (Å²) in [7, 11) is 0. The Morgan fingerprint density at radius 1 is 1.03 bits per heavy atom. The van der Waals surface area contributed by atoms with Crippen molar-refractivity contribution < 1.29 is 18.7 Å². The first kappa shape index (κ1) is 36.7. The molecule has 0 atom stereocenters. The van der Waals surface area contributed by atoms with Crippen LogP contribution in [-0.2, 0) is 22.4 Å². The molecular formula is C31H53FN2O3. The van der Waals surface area contributed by atoms with Crippen LogP contribution < -0.4 is 4.74 Å². The average molecular weight is 521 g/mol. The van der Waals surface area contributed by atoms with Gasteiger partial charge in [-0.1, -0.05) is 55.4 Å². The number of carbonyl (C=O) groups excluding carboxylic acids is 2. The number of ether oxygens (including phenoxy) is 1. The first-order chi connectivity index (χ1) is 17.5. The summed E-state index contributed by atoms with van der Waals surface area (Å²) in [6.07, 6.45) is 4.81. The number of ketones is 1.